The number of piperidine rings is 1. The van der Waals surface area contributed by atoms with E-state index in [1.807, 2.05) is 0 Å². The molecule has 0 N–H and O–H groups in total. The average Bonchev–Trinajstić information content (AvgIpc) is 2.33. The monoisotopic (exact) mass is 352 g/mol. The van der Waals surface area contributed by atoms with Crippen molar-refractivity contribution in [3.8, 4) is 0 Å². The van der Waals surface area contributed by atoms with Crippen molar-refractivity contribution in [3.05, 3.63) is 34.6 Å². The zero-order valence-corrected chi connectivity index (χ0v) is 12.1. The van der Waals surface area contributed by atoms with Crippen LogP contribution < -0.4 is 0 Å². The predicted molar refractivity (Wildman–Crippen MR) is 67.6 cm³/mol. The second kappa shape index (κ2) is 9.51. The van der Waals surface area contributed by atoms with Crippen molar-refractivity contribution in [1.29, 1.82) is 0 Å². The van der Waals surface area contributed by atoms with Crippen LogP contribution in [0.1, 0.15) is 25.7 Å². The summed E-state index contributed by atoms with van der Waals surface area (Å²) in [6.45, 7) is 1.92. The van der Waals surface area contributed by atoms with Gasteiger partial charge in [0.25, 0.3) is 0 Å². The van der Waals surface area contributed by atoms with Crippen molar-refractivity contribution in [1.82, 2.24) is 0 Å². The minimum atomic E-state index is -0.106. The molecule has 2 aliphatic heterocycles. The van der Waals surface area contributed by atoms with Crippen molar-refractivity contribution >= 4 is 19.1 Å². The van der Waals surface area contributed by atoms with Gasteiger partial charge in [-0.2, -0.15) is 5.70 Å². The first-order valence-electron chi connectivity index (χ1n) is 5.39. The van der Waals surface area contributed by atoms with Crippen molar-refractivity contribution < 1.29 is 15.9 Å². The van der Waals surface area contributed by atoms with Gasteiger partial charge in [0, 0.05) is 0 Å². The fourth-order valence-electron chi connectivity index (χ4n) is 1.86. The molecule has 96 valence electrons. The molecule has 1 fully saturated rings. The zero-order valence-electron chi connectivity index (χ0n) is 9.02. The van der Waals surface area contributed by atoms with Crippen molar-refractivity contribution in [2.24, 2.45) is 0 Å². The Hall–Kier alpha value is 0.482. The van der Waals surface area contributed by atoms with Crippen LogP contribution in [0.5, 0.6) is 0 Å². The van der Waals surface area contributed by atoms with E-state index in [1.54, 1.807) is 0 Å². The Labute approximate surface area is 114 Å². The van der Waals surface area contributed by atoms with E-state index in [2.05, 4.69) is 28.9 Å². The molecule has 0 aromatic heterocycles. The normalized spacial score (nSPS) is 24.1. The summed E-state index contributed by atoms with van der Waals surface area (Å²) >= 11 is -0.106. The van der Waals surface area contributed by atoms with Gasteiger partial charge in [-0.25, -0.2) is 0 Å². The molecule has 2 aliphatic rings. The second-order valence-electron chi connectivity index (χ2n) is 3.73. The first kappa shape index (κ1) is 14.5. The summed E-state index contributed by atoms with van der Waals surface area (Å²) in [5.41, 5.74) is 1.23. The molecule has 2 rings (SSSR count). The summed E-state index contributed by atoms with van der Waals surface area (Å²) in [6, 6.07) is 0.551. The number of hydrogen-bond acceptors (Lipinski definition) is 0. The molecule has 0 aliphatic carbocycles. The molecule has 0 spiro atoms. The third kappa shape index (κ3) is 6.27. The van der Waals surface area contributed by atoms with Gasteiger partial charge < -0.3 is 10.6 Å². The van der Waals surface area contributed by atoms with E-state index in [4.69, 9.17) is 19.1 Å². The summed E-state index contributed by atoms with van der Waals surface area (Å²) < 4.78 is 0. The molecule has 0 saturated carbocycles. The number of rotatable bonds is 2. The topological polar surface area (TPSA) is 28.2 Å². The molecular formula is C11H16Cl2N2Pd-2. The third-order valence-electron chi connectivity index (χ3n) is 2.60. The van der Waals surface area contributed by atoms with Crippen LogP contribution in [0.25, 0.3) is 10.6 Å². The quantitative estimate of drug-likeness (QED) is 0.654. The van der Waals surface area contributed by atoms with Crippen LogP contribution in [0.4, 0.5) is 0 Å². The van der Waals surface area contributed by atoms with Gasteiger partial charge in [-0.1, -0.05) is 37.8 Å². The molecular weight excluding hydrogens is 337 g/mol. The Balaban J connectivity index is 0.000000386. The van der Waals surface area contributed by atoms with Gasteiger partial charge in [-0.05, 0) is 0 Å². The standard InChI is InChI=1S/C11H16N2.2ClH.Pd/c1-3-7-12-10(5-1)9-11-6-2-4-8-13-11;;;/h1,3,5,11H,2,4,6-9H2;2*1H;/q-2;;;+2/p-2. The molecule has 0 aromatic rings. The molecule has 1 saturated heterocycles. The first-order valence-corrected chi connectivity index (χ1v) is 9.39. The zero-order chi connectivity index (χ0) is 11.6. The van der Waals surface area contributed by atoms with Gasteiger partial charge in [0.1, 0.15) is 0 Å². The summed E-state index contributed by atoms with van der Waals surface area (Å²) in [7, 11) is 9.63. The van der Waals surface area contributed by atoms with Crippen LogP contribution in [0.2, 0.25) is 0 Å². The van der Waals surface area contributed by atoms with Gasteiger partial charge in [0.2, 0.25) is 0 Å². The summed E-state index contributed by atoms with van der Waals surface area (Å²) in [5, 5.41) is 9.04. The van der Waals surface area contributed by atoms with Crippen molar-refractivity contribution in [2.45, 2.75) is 31.7 Å². The predicted octanol–water partition coefficient (Wildman–Crippen LogP) is 4.51. The van der Waals surface area contributed by atoms with Crippen LogP contribution in [-0.2, 0) is 15.9 Å². The van der Waals surface area contributed by atoms with Crippen molar-refractivity contribution in [2.75, 3.05) is 13.1 Å². The van der Waals surface area contributed by atoms with E-state index in [0.29, 0.717) is 6.04 Å². The third-order valence-corrected chi connectivity index (χ3v) is 2.60. The molecule has 0 radical (unpaired) electrons. The number of halogens is 2. The number of nitrogens with zero attached hydrogens (tertiary/aromatic N) is 2. The average molecular weight is 354 g/mol. The Kier molecular flexibility index (Phi) is 8.64. The summed E-state index contributed by atoms with van der Waals surface area (Å²) in [6.07, 6.45) is 11.3. The number of hydrogen-bond donors (Lipinski definition) is 0. The van der Waals surface area contributed by atoms with E-state index in [-0.39, 0.29) is 15.9 Å². The molecule has 5 heteroatoms. The van der Waals surface area contributed by atoms with Gasteiger partial charge in [-0.3, -0.25) is 0 Å². The van der Waals surface area contributed by atoms with Crippen LogP contribution in [0.3, 0.4) is 0 Å². The summed E-state index contributed by atoms with van der Waals surface area (Å²) in [5.74, 6) is 0. The van der Waals surface area contributed by atoms with Crippen LogP contribution in [0.15, 0.2) is 23.9 Å². The summed E-state index contributed by atoms with van der Waals surface area (Å²) in [4.78, 5) is 0. The van der Waals surface area contributed by atoms with Crippen LogP contribution in [0, 0.1) is 0 Å². The molecule has 0 bridgehead atoms. The maximum absolute atomic E-state index is 4.81. The maximum atomic E-state index is 4.81. The molecule has 1 atom stereocenters. The van der Waals surface area contributed by atoms with Gasteiger partial charge in [0.15, 0.2) is 0 Å². The Bertz CT molecular complexity index is 238. The van der Waals surface area contributed by atoms with Crippen molar-refractivity contribution in [3.63, 3.8) is 0 Å². The van der Waals surface area contributed by atoms with E-state index in [9.17, 15) is 0 Å². The molecule has 16 heavy (non-hydrogen) atoms. The Morgan fingerprint density at radius 2 is 2.19 bits per heavy atom. The fraction of sp³-hybridized carbons (Fsp3) is 0.636. The van der Waals surface area contributed by atoms with E-state index in [0.717, 1.165) is 19.5 Å². The molecule has 2 heterocycles. The molecule has 0 aromatic carbocycles. The van der Waals surface area contributed by atoms with Crippen LogP contribution >= 0.6 is 19.1 Å². The van der Waals surface area contributed by atoms with E-state index < -0.39 is 0 Å². The minimum absolute atomic E-state index is 0.106. The Morgan fingerprint density at radius 3 is 2.75 bits per heavy atom. The fourth-order valence-corrected chi connectivity index (χ4v) is 1.86. The van der Waals surface area contributed by atoms with Gasteiger partial charge >= 0.3 is 35.0 Å². The SMILES string of the molecule is C1=CC[N-]C(CC2CCCC[N-]2)=C1.[Cl][Pd][Cl]. The molecule has 1 unspecified atom stereocenters. The van der Waals surface area contributed by atoms with Gasteiger partial charge in [-0.15, -0.1) is 25.2 Å². The molecule has 0 amide bonds. The second-order valence-corrected chi connectivity index (χ2v) is 6.09. The van der Waals surface area contributed by atoms with E-state index >= 15 is 0 Å². The molecule has 2 nitrogen and oxygen atoms in total. The number of allylic oxidation sites excluding steroid dienone is 2. The first-order chi connectivity index (χ1) is 7.86. The van der Waals surface area contributed by atoms with Crippen LogP contribution in [-0.4, -0.2) is 19.1 Å². The Morgan fingerprint density at radius 1 is 1.38 bits per heavy atom. The van der Waals surface area contributed by atoms with E-state index in [1.165, 1.54) is 25.0 Å². The van der Waals surface area contributed by atoms with Gasteiger partial charge in [0.05, 0.1) is 0 Å².